The molecule has 0 aliphatic carbocycles. The number of nitrogens with zero attached hydrogens (tertiary/aromatic N) is 2. The van der Waals surface area contributed by atoms with Crippen molar-refractivity contribution in [1.29, 1.82) is 0 Å². The Balaban J connectivity index is 1.70. The molecule has 5 heteroatoms. The number of hydrogen-bond donors (Lipinski definition) is 2. The highest BCUT2D eigenvalue weighted by Crippen LogP contribution is 2.21. The standard InChI is InChI=1S/C17H23N3OS/c21-17(7-4-8-18-13-17)14-20(12-16-19-9-10-22-16)11-15-5-2-1-3-6-15/h1-3,5-6,9-10,18,21H,4,7-8,11-14H2. The minimum atomic E-state index is -0.635. The van der Waals surface area contributed by atoms with E-state index in [-0.39, 0.29) is 0 Å². The second kappa shape index (κ2) is 7.33. The van der Waals surface area contributed by atoms with Gasteiger partial charge in [0, 0.05) is 31.2 Å². The van der Waals surface area contributed by atoms with Gasteiger partial charge in [0.05, 0.1) is 12.1 Å². The van der Waals surface area contributed by atoms with Gasteiger partial charge >= 0.3 is 0 Å². The summed E-state index contributed by atoms with van der Waals surface area (Å²) in [5, 5.41) is 17.2. The van der Waals surface area contributed by atoms with Crippen LogP contribution in [-0.2, 0) is 13.1 Å². The van der Waals surface area contributed by atoms with E-state index < -0.39 is 5.60 Å². The maximum absolute atomic E-state index is 10.8. The predicted octanol–water partition coefficient (Wildman–Crippen LogP) is 2.26. The van der Waals surface area contributed by atoms with E-state index in [0.29, 0.717) is 13.1 Å². The van der Waals surface area contributed by atoms with Crippen molar-refractivity contribution in [2.45, 2.75) is 31.5 Å². The van der Waals surface area contributed by atoms with Gasteiger partial charge in [0.15, 0.2) is 0 Å². The molecule has 0 radical (unpaired) electrons. The largest absolute Gasteiger partial charge is 0.387 e. The Morgan fingerprint density at radius 3 is 2.82 bits per heavy atom. The topological polar surface area (TPSA) is 48.4 Å². The molecule has 1 saturated heterocycles. The molecule has 2 aromatic rings. The fourth-order valence-electron chi connectivity index (χ4n) is 3.03. The van der Waals surface area contributed by atoms with Crippen LogP contribution in [0.15, 0.2) is 41.9 Å². The van der Waals surface area contributed by atoms with E-state index in [0.717, 1.165) is 37.5 Å². The Morgan fingerprint density at radius 1 is 1.27 bits per heavy atom. The molecule has 22 heavy (non-hydrogen) atoms. The van der Waals surface area contributed by atoms with Gasteiger partial charge in [-0.3, -0.25) is 4.90 Å². The molecule has 0 spiro atoms. The molecule has 3 rings (SSSR count). The van der Waals surface area contributed by atoms with Crippen LogP contribution in [0.25, 0.3) is 0 Å². The number of piperidine rings is 1. The van der Waals surface area contributed by atoms with Crippen molar-refractivity contribution >= 4 is 11.3 Å². The monoisotopic (exact) mass is 317 g/mol. The lowest BCUT2D eigenvalue weighted by atomic mass is 9.93. The number of nitrogens with one attached hydrogen (secondary N) is 1. The molecule has 2 N–H and O–H groups in total. The Labute approximate surface area is 135 Å². The molecule has 1 unspecified atom stereocenters. The summed E-state index contributed by atoms with van der Waals surface area (Å²) in [6.07, 6.45) is 3.74. The first-order valence-electron chi connectivity index (χ1n) is 7.81. The van der Waals surface area contributed by atoms with Crippen LogP contribution in [-0.4, -0.2) is 40.2 Å². The summed E-state index contributed by atoms with van der Waals surface area (Å²) in [6.45, 7) is 3.98. The van der Waals surface area contributed by atoms with E-state index in [2.05, 4.69) is 39.5 Å². The Bertz CT molecular complexity index is 553. The smallest absolute Gasteiger partial charge is 0.107 e. The number of thiazole rings is 1. The SMILES string of the molecule is OC1(CN(Cc2ccccc2)Cc2nccs2)CCCNC1. The third-order valence-corrected chi connectivity index (χ3v) is 4.82. The molecular formula is C17H23N3OS. The minimum absolute atomic E-state index is 0.635. The van der Waals surface area contributed by atoms with E-state index >= 15 is 0 Å². The Hall–Kier alpha value is -1.27. The lowest BCUT2D eigenvalue weighted by molar-refractivity contribution is -0.0194. The van der Waals surface area contributed by atoms with Crippen molar-refractivity contribution in [1.82, 2.24) is 15.2 Å². The molecule has 4 nitrogen and oxygen atoms in total. The van der Waals surface area contributed by atoms with Crippen molar-refractivity contribution in [3.05, 3.63) is 52.5 Å². The quantitative estimate of drug-likeness (QED) is 0.858. The molecule has 118 valence electrons. The first-order valence-corrected chi connectivity index (χ1v) is 8.69. The molecule has 2 heterocycles. The van der Waals surface area contributed by atoms with E-state index in [9.17, 15) is 5.11 Å². The molecule has 0 saturated carbocycles. The van der Waals surface area contributed by atoms with Crippen LogP contribution in [0.5, 0.6) is 0 Å². The Morgan fingerprint density at radius 2 is 2.14 bits per heavy atom. The van der Waals surface area contributed by atoms with Crippen LogP contribution in [0.3, 0.4) is 0 Å². The highest BCUT2D eigenvalue weighted by molar-refractivity contribution is 7.09. The fourth-order valence-corrected chi connectivity index (χ4v) is 3.69. The molecule has 1 aromatic heterocycles. The maximum Gasteiger partial charge on any atom is 0.107 e. The zero-order valence-electron chi connectivity index (χ0n) is 12.7. The van der Waals surface area contributed by atoms with Crippen LogP contribution < -0.4 is 5.32 Å². The summed E-state index contributed by atoms with van der Waals surface area (Å²) >= 11 is 1.67. The third-order valence-electron chi connectivity index (χ3n) is 4.06. The number of aliphatic hydroxyl groups is 1. The van der Waals surface area contributed by atoms with Gasteiger partial charge in [-0.25, -0.2) is 4.98 Å². The van der Waals surface area contributed by atoms with Crippen LogP contribution in [0.2, 0.25) is 0 Å². The van der Waals surface area contributed by atoms with Crippen molar-refractivity contribution in [2.75, 3.05) is 19.6 Å². The summed E-state index contributed by atoms with van der Waals surface area (Å²) < 4.78 is 0. The molecule has 1 aliphatic rings. The van der Waals surface area contributed by atoms with Gasteiger partial charge in [0.25, 0.3) is 0 Å². The van der Waals surface area contributed by atoms with Gasteiger partial charge < -0.3 is 10.4 Å². The van der Waals surface area contributed by atoms with Crippen LogP contribution in [0.4, 0.5) is 0 Å². The molecule has 1 aliphatic heterocycles. The lowest BCUT2D eigenvalue weighted by Crippen LogP contribution is -2.52. The molecule has 0 bridgehead atoms. The second-order valence-electron chi connectivity index (χ2n) is 6.06. The molecule has 1 fully saturated rings. The van der Waals surface area contributed by atoms with Gasteiger partial charge in [0.2, 0.25) is 0 Å². The normalized spacial score (nSPS) is 22.1. The lowest BCUT2D eigenvalue weighted by Gasteiger charge is -2.37. The summed E-state index contributed by atoms with van der Waals surface area (Å²) in [7, 11) is 0. The molecule has 1 aromatic carbocycles. The zero-order valence-corrected chi connectivity index (χ0v) is 13.6. The third kappa shape index (κ3) is 4.36. The van der Waals surface area contributed by atoms with Crippen molar-refractivity contribution in [2.24, 2.45) is 0 Å². The van der Waals surface area contributed by atoms with E-state index in [1.54, 1.807) is 11.3 Å². The zero-order chi connectivity index (χ0) is 15.3. The molecule has 0 amide bonds. The maximum atomic E-state index is 10.8. The van der Waals surface area contributed by atoms with Gasteiger partial charge in [-0.15, -0.1) is 11.3 Å². The summed E-state index contributed by atoms with van der Waals surface area (Å²) in [5.74, 6) is 0. The number of rotatable bonds is 6. The predicted molar refractivity (Wildman–Crippen MR) is 89.7 cm³/mol. The van der Waals surface area contributed by atoms with Gasteiger partial charge in [0.1, 0.15) is 5.01 Å². The van der Waals surface area contributed by atoms with E-state index in [1.807, 2.05) is 17.6 Å². The first-order chi connectivity index (χ1) is 10.7. The minimum Gasteiger partial charge on any atom is -0.387 e. The van der Waals surface area contributed by atoms with Gasteiger partial charge in [-0.05, 0) is 24.9 Å². The van der Waals surface area contributed by atoms with Crippen molar-refractivity contribution in [3.8, 4) is 0 Å². The van der Waals surface area contributed by atoms with Crippen LogP contribution in [0.1, 0.15) is 23.4 Å². The highest BCUT2D eigenvalue weighted by atomic mass is 32.1. The summed E-state index contributed by atoms with van der Waals surface area (Å²) in [5.41, 5.74) is 0.635. The number of β-amino-alcohol motifs (C(OH)–C–C–N with tert-alkyl or cyclic N) is 1. The average Bonchev–Trinajstić information content (AvgIpc) is 3.01. The van der Waals surface area contributed by atoms with E-state index in [4.69, 9.17) is 0 Å². The Kier molecular flexibility index (Phi) is 5.20. The molecule has 1 atom stereocenters. The van der Waals surface area contributed by atoms with Crippen molar-refractivity contribution < 1.29 is 5.11 Å². The van der Waals surface area contributed by atoms with Gasteiger partial charge in [-0.2, -0.15) is 0 Å². The second-order valence-corrected chi connectivity index (χ2v) is 7.04. The highest BCUT2D eigenvalue weighted by Gasteiger charge is 2.31. The van der Waals surface area contributed by atoms with Crippen LogP contribution >= 0.6 is 11.3 Å². The van der Waals surface area contributed by atoms with Crippen molar-refractivity contribution in [3.63, 3.8) is 0 Å². The number of benzene rings is 1. The number of hydrogen-bond acceptors (Lipinski definition) is 5. The summed E-state index contributed by atoms with van der Waals surface area (Å²) in [6, 6.07) is 10.4. The van der Waals surface area contributed by atoms with Gasteiger partial charge in [-0.1, -0.05) is 30.3 Å². The van der Waals surface area contributed by atoms with E-state index in [1.165, 1.54) is 5.56 Å². The summed E-state index contributed by atoms with van der Waals surface area (Å²) in [4.78, 5) is 6.70. The number of aromatic nitrogens is 1. The van der Waals surface area contributed by atoms with Crippen LogP contribution in [0, 0.1) is 0 Å². The molecular weight excluding hydrogens is 294 g/mol. The average molecular weight is 317 g/mol. The first kappa shape index (κ1) is 15.6. The fraction of sp³-hybridized carbons (Fsp3) is 0.471.